The number of benzene rings is 1. The molecular weight excluding hydrogens is 247 g/mol. The fourth-order valence-corrected chi connectivity index (χ4v) is 2.53. The van der Waals surface area contributed by atoms with E-state index in [2.05, 4.69) is 24.1 Å². The molecule has 18 heavy (non-hydrogen) atoms. The molecule has 0 fully saturated rings. The van der Waals surface area contributed by atoms with Gasteiger partial charge in [-0.25, -0.2) is 9.37 Å². The minimum absolute atomic E-state index is 0.194. The molecule has 0 saturated carbocycles. The SMILES string of the molecule is CCc1ncc(CN[C@H](C)c2ccc(F)cc2)s1. The van der Waals surface area contributed by atoms with Crippen molar-refractivity contribution in [2.45, 2.75) is 32.9 Å². The van der Waals surface area contributed by atoms with E-state index in [1.54, 1.807) is 11.3 Å². The van der Waals surface area contributed by atoms with Crippen molar-refractivity contribution in [3.8, 4) is 0 Å². The highest BCUT2D eigenvalue weighted by Gasteiger charge is 2.06. The predicted octanol–water partition coefficient (Wildman–Crippen LogP) is 3.70. The first-order chi connectivity index (χ1) is 8.69. The van der Waals surface area contributed by atoms with E-state index in [4.69, 9.17) is 0 Å². The average molecular weight is 264 g/mol. The van der Waals surface area contributed by atoms with Crippen molar-refractivity contribution in [2.75, 3.05) is 0 Å². The predicted molar refractivity (Wildman–Crippen MR) is 73.1 cm³/mol. The van der Waals surface area contributed by atoms with Crippen LogP contribution in [0.15, 0.2) is 30.5 Å². The summed E-state index contributed by atoms with van der Waals surface area (Å²) in [6, 6.07) is 6.83. The van der Waals surface area contributed by atoms with Crippen LogP contribution in [0.4, 0.5) is 4.39 Å². The third kappa shape index (κ3) is 3.37. The summed E-state index contributed by atoms with van der Waals surface area (Å²) in [4.78, 5) is 5.56. The number of nitrogens with zero attached hydrogens (tertiary/aromatic N) is 1. The lowest BCUT2D eigenvalue weighted by Crippen LogP contribution is -2.17. The summed E-state index contributed by atoms with van der Waals surface area (Å²) < 4.78 is 12.8. The Morgan fingerprint density at radius 3 is 2.67 bits per heavy atom. The smallest absolute Gasteiger partial charge is 0.123 e. The van der Waals surface area contributed by atoms with Crippen LogP contribution < -0.4 is 5.32 Å². The maximum atomic E-state index is 12.8. The van der Waals surface area contributed by atoms with Gasteiger partial charge in [-0.1, -0.05) is 19.1 Å². The monoisotopic (exact) mass is 264 g/mol. The van der Waals surface area contributed by atoms with E-state index in [9.17, 15) is 4.39 Å². The topological polar surface area (TPSA) is 24.9 Å². The molecule has 0 bridgehead atoms. The second-order valence-corrected chi connectivity index (χ2v) is 5.43. The molecule has 2 aromatic rings. The molecule has 0 aliphatic heterocycles. The maximum absolute atomic E-state index is 12.8. The fourth-order valence-electron chi connectivity index (χ4n) is 1.72. The van der Waals surface area contributed by atoms with Crippen LogP contribution >= 0.6 is 11.3 Å². The highest BCUT2D eigenvalue weighted by atomic mass is 32.1. The molecule has 2 rings (SSSR count). The molecule has 1 N–H and O–H groups in total. The van der Waals surface area contributed by atoms with Crippen molar-refractivity contribution in [3.05, 3.63) is 51.7 Å². The van der Waals surface area contributed by atoms with Gasteiger partial charge in [0, 0.05) is 23.7 Å². The zero-order chi connectivity index (χ0) is 13.0. The van der Waals surface area contributed by atoms with Gasteiger partial charge < -0.3 is 5.32 Å². The second-order valence-electron chi connectivity index (χ2n) is 4.23. The van der Waals surface area contributed by atoms with Gasteiger partial charge in [0.1, 0.15) is 5.82 Å². The Balaban J connectivity index is 1.91. The van der Waals surface area contributed by atoms with Crippen molar-refractivity contribution < 1.29 is 4.39 Å². The van der Waals surface area contributed by atoms with E-state index in [0.29, 0.717) is 0 Å². The lowest BCUT2D eigenvalue weighted by Gasteiger charge is -2.13. The van der Waals surface area contributed by atoms with Crippen LogP contribution in [-0.2, 0) is 13.0 Å². The normalized spacial score (nSPS) is 12.6. The maximum Gasteiger partial charge on any atom is 0.123 e. The van der Waals surface area contributed by atoms with Crippen LogP contribution in [0.3, 0.4) is 0 Å². The van der Waals surface area contributed by atoms with Crippen LogP contribution in [0.25, 0.3) is 0 Å². The van der Waals surface area contributed by atoms with Gasteiger partial charge in [0.05, 0.1) is 5.01 Å². The quantitative estimate of drug-likeness (QED) is 0.890. The molecule has 0 aliphatic carbocycles. The van der Waals surface area contributed by atoms with Gasteiger partial charge in [0.15, 0.2) is 0 Å². The van der Waals surface area contributed by atoms with E-state index in [1.165, 1.54) is 22.0 Å². The average Bonchev–Trinajstić information content (AvgIpc) is 2.85. The summed E-state index contributed by atoms with van der Waals surface area (Å²) >= 11 is 1.74. The molecule has 1 aromatic heterocycles. The van der Waals surface area contributed by atoms with Gasteiger partial charge >= 0.3 is 0 Å². The highest BCUT2D eigenvalue weighted by molar-refractivity contribution is 7.11. The van der Waals surface area contributed by atoms with Crippen LogP contribution in [-0.4, -0.2) is 4.98 Å². The van der Waals surface area contributed by atoms with E-state index < -0.39 is 0 Å². The van der Waals surface area contributed by atoms with E-state index in [-0.39, 0.29) is 11.9 Å². The largest absolute Gasteiger partial charge is 0.305 e. The first kappa shape index (κ1) is 13.2. The van der Waals surface area contributed by atoms with Crippen LogP contribution in [0.2, 0.25) is 0 Å². The van der Waals surface area contributed by atoms with Gasteiger partial charge in [-0.05, 0) is 31.0 Å². The Bertz CT molecular complexity index is 493. The fraction of sp³-hybridized carbons (Fsp3) is 0.357. The number of hydrogen-bond donors (Lipinski definition) is 1. The van der Waals surface area contributed by atoms with Gasteiger partial charge in [0.2, 0.25) is 0 Å². The van der Waals surface area contributed by atoms with E-state index >= 15 is 0 Å². The van der Waals surface area contributed by atoms with Gasteiger partial charge in [-0.15, -0.1) is 11.3 Å². The Labute approximate surface area is 111 Å². The second kappa shape index (κ2) is 6.07. The van der Waals surface area contributed by atoms with Gasteiger partial charge in [-0.3, -0.25) is 0 Å². The van der Waals surface area contributed by atoms with Crippen molar-refractivity contribution in [3.63, 3.8) is 0 Å². The number of nitrogens with one attached hydrogen (secondary N) is 1. The summed E-state index contributed by atoms with van der Waals surface area (Å²) in [6.07, 6.45) is 2.91. The van der Waals surface area contributed by atoms with Gasteiger partial charge in [-0.2, -0.15) is 0 Å². The summed E-state index contributed by atoms with van der Waals surface area (Å²) in [5.41, 5.74) is 1.09. The Hall–Kier alpha value is -1.26. The molecule has 1 heterocycles. The lowest BCUT2D eigenvalue weighted by molar-refractivity contribution is 0.574. The molecule has 0 saturated heterocycles. The Morgan fingerprint density at radius 1 is 1.33 bits per heavy atom. The van der Waals surface area contributed by atoms with E-state index in [0.717, 1.165) is 18.5 Å². The molecule has 0 spiro atoms. The molecule has 2 nitrogen and oxygen atoms in total. The molecule has 96 valence electrons. The Kier molecular flexibility index (Phi) is 4.44. The minimum Gasteiger partial charge on any atom is -0.305 e. The van der Waals surface area contributed by atoms with Crippen LogP contribution in [0.5, 0.6) is 0 Å². The summed E-state index contributed by atoms with van der Waals surface area (Å²) in [7, 11) is 0. The standard InChI is InChI=1S/C14H17FN2S/c1-3-14-17-9-13(18-14)8-16-10(2)11-4-6-12(15)7-5-11/h4-7,9-10,16H,3,8H2,1-2H3/t10-/m1/s1. The molecular formula is C14H17FN2S. The van der Waals surface area contributed by atoms with Crippen molar-refractivity contribution in [1.29, 1.82) is 0 Å². The molecule has 1 aromatic carbocycles. The number of rotatable bonds is 5. The molecule has 0 aliphatic rings. The van der Waals surface area contributed by atoms with Crippen molar-refractivity contribution in [1.82, 2.24) is 10.3 Å². The van der Waals surface area contributed by atoms with E-state index in [1.807, 2.05) is 18.3 Å². The van der Waals surface area contributed by atoms with Gasteiger partial charge in [0.25, 0.3) is 0 Å². The Morgan fingerprint density at radius 2 is 2.06 bits per heavy atom. The molecule has 0 amide bonds. The zero-order valence-electron chi connectivity index (χ0n) is 10.6. The first-order valence-electron chi connectivity index (χ1n) is 6.11. The number of aromatic nitrogens is 1. The zero-order valence-corrected chi connectivity index (χ0v) is 11.4. The summed E-state index contributed by atoms with van der Waals surface area (Å²) in [5, 5.41) is 4.59. The number of halogens is 1. The summed E-state index contributed by atoms with van der Waals surface area (Å²) in [6.45, 7) is 4.99. The van der Waals surface area contributed by atoms with Crippen molar-refractivity contribution in [2.24, 2.45) is 0 Å². The molecule has 4 heteroatoms. The van der Waals surface area contributed by atoms with Crippen LogP contribution in [0, 0.1) is 5.82 Å². The highest BCUT2D eigenvalue weighted by Crippen LogP contribution is 2.16. The number of aryl methyl sites for hydroxylation is 1. The lowest BCUT2D eigenvalue weighted by atomic mass is 10.1. The molecule has 0 radical (unpaired) electrons. The number of thiazole rings is 1. The summed E-state index contributed by atoms with van der Waals surface area (Å²) in [5.74, 6) is -0.194. The molecule has 1 atom stereocenters. The third-order valence-corrected chi connectivity index (χ3v) is 4.00. The van der Waals surface area contributed by atoms with Crippen molar-refractivity contribution >= 4 is 11.3 Å². The molecule has 0 unspecified atom stereocenters. The minimum atomic E-state index is -0.194. The third-order valence-electron chi connectivity index (χ3n) is 2.86. The number of hydrogen-bond acceptors (Lipinski definition) is 3. The first-order valence-corrected chi connectivity index (χ1v) is 6.93. The van der Waals surface area contributed by atoms with Crippen LogP contribution in [0.1, 0.15) is 35.3 Å².